The molecule has 3 rings (SSSR count). The van der Waals surface area contributed by atoms with E-state index in [4.69, 9.17) is 0 Å². The fraction of sp³-hybridized carbons (Fsp3) is 0.652. The lowest BCUT2D eigenvalue weighted by Crippen LogP contribution is -2.41. The Morgan fingerprint density at radius 3 is 2.56 bits per heavy atom. The molecule has 0 spiro atoms. The topological polar surface area (TPSA) is 40.5 Å². The number of aliphatic hydroxyl groups is 2. The second-order valence-electron chi connectivity index (χ2n) is 9.18. The van der Waals surface area contributed by atoms with Crippen LogP contribution in [-0.4, -0.2) is 16.3 Å². The van der Waals surface area contributed by atoms with Crippen molar-refractivity contribution in [3.8, 4) is 0 Å². The highest BCUT2D eigenvalue weighted by molar-refractivity contribution is 5.27. The lowest BCUT2D eigenvalue weighted by Gasteiger charge is -2.43. The van der Waals surface area contributed by atoms with Crippen LogP contribution in [0.1, 0.15) is 64.5 Å². The third-order valence-corrected chi connectivity index (χ3v) is 7.00. The number of fused-ring (bicyclic) bond motifs is 1. The molecule has 2 N–H and O–H groups in total. The third kappa shape index (κ3) is 3.71. The molecule has 0 radical (unpaired) electrons. The number of benzene rings is 1. The summed E-state index contributed by atoms with van der Waals surface area (Å²) in [7, 11) is 0. The highest BCUT2D eigenvalue weighted by atomic mass is 16.3. The van der Waals surface area contributed by atoms with Gasteiger partial charge in [-0.1, -0.05) is 56.7 Å². The molecule has 2 saturated carbocycles. The van der Waals surface area contributed by atoms with Gasteiger partial charge in [-0.3, -0.25) is 0 Å². The molecule has 2 nitrogen and oxygen atoms in total. The maximum absolute atomic E-state index is 10.6. The van der Waals surface area contributed by atoms with E-state index in [-0.39, 0.29) is 6.10 Å². The second kappa shape index (κ2) is 6.89. The van der Waals surface area contributed by atoms with E-state index in [0.29, 0.717) is 23.2 Å². The van der Waals surface area contributed by atoms with Crippen LogP contribution in [0.4, 0.5) is 0 Å². The lowest BCUT2D eigenvalue weighted by molar-refractivity contribution is -0.0238. The molecular formula is C23H34O2. The first-order valence-corrected chi connectivity index (χ1v) is 9.88. The molecule has 1 aromatic rings. The Labute approximate surface area is 153 Å². The van der Waals surface area contributed by atoms with Gasteiger partial charge in [-0.2, -0.15) is 0 Å². The fourth-order valence-electron chi connectivity index (χ4n) is 5.28. The van der Waals surface area contributed by atoms with Gasteiger partial charge in [0, 0.05) is 0 Å². The molecule has 0 saturated heterocycles. The van der Waals surface area contributed by atoms with Crippen LogP contribution in [0.15, 0.2) is 36.4 Å². The molecule has 0 bridgehead atoms. The van der Waals surface area contributed by atoms with Gasteiger partial charge in [0.1, 0.15) is 0 Å². The van der Waals surface area contributed by atoms with Crippen LogP contribution in [0.5, 0.6) is 0 Å². The first-order valence-electron chi connectivity index (χ1n) is 9.88. The average Bonchev–Trinajstić information content (AvgIpc) is 2.79. The van der Waals surface area contributed by atoms with Crippen LogP contribution in [-0.2, 0) is 12.0 Å². The van der Waals surface area contributed by atoms with Crippen LogP contribution in [0.25, 0.3) is 0 Å². The molecule has 0 heterocycles. The molecule has 0 aliphatic heterocycles. The molecular weight excluding hydrogens is 308 g/mol. The van der Waals surface area contributed by atoms with Crippen LogP contribution in [0.3, 0.4) is 0 Å². The Kier molecular flexibility index (Phi) is 5.14. The Morgan fingerprint density at radius 2 is 1.92 bits per heavy atom. The van der Waals surface area contributed by atoms with Gasteiger partial charge in [0.15, 0.2) is 0 Å². The molecule has 25 heavy (non-hydrogen) atoms. The molecule has 2 aliphatic rings. The van der Waals surface area contributed by atoms with Gasteiger partial charge in [0.05, 0.1) is 11.7 Å². The smallest absolute Gasteiger partial charge is 0.0840 e. The summed E-state index contributed by atoms with van der Waals surface area (Å²) in [5.41, 5.74) is 1.74. The highest BCUT2D eigenvalue weighted by Crippen LogP contribution is 2.58. The zero-order valence-electron chi connectivity index (χ0n) is 16.2. The van der Waals surface area contributed by atoms with E-state index >= 15 is 0 Å². The average molecular weight is 343 g/mol. The Hall–Kier alpha value is -1.12. The van der Waals surface area contributed by atoms with Crippen molar-refractivity contribution in [3.63, 3.8) is 0 Å². The van der Waals surface area contributed by atoms with Gasteiger partial charge >= 0.3 is 0 Å². The van der Waals surface area contributed by atoms with Crippen molar-refractivity contribution < 1.29 is 10.2 Å². The normalized spacial score (nSPS) is 35.9. The number of allylic oxidation sites excluding steroid dienone is 2. The molecule has 1 aromatic carbocycles. The van der Waals surface area contributed by atoms with Crippen LogP contribution >= 0.6 is 0 Å². The zero-order chi connectivity index (χ0) is 18.2. The van der Waals surface area contributed by atoms with Gasteiger partial charge in [0.25, 0.3) is 0 Å². The van der Waals surface area contributed by atoms with Crippen LogP contribution < -0.4 is 0 Å². The second-order valence-corrected chi connectivity index (χ2v) is 9.18. The van der Waals surface area contributed by atoms with Gasteiger partial charge in [-0.15, -0.1) is 0 Å². The van der Waals surface area contributed by atoms with E-state index < -0.39 is 5.60 Å². The quantitative estimate of drug-likeness (QED) is 0.769. The van der Waals surface area contributed by atoms with Gasteiger partial charge in [-0.05, 0) is 73.8 Å². The molecule has 0 amide bonds. The van der Waals surface area contributed by atoms with Gasteiger partial charge < -0.3 is 10.2 Å². The van der Waals surface area contributed by atoms with Crippen molar-refractivity contribution in [1.82, 2.24) is 0 Å². The predicted octanol–water partition coefficient (Wildman–Crippen LogP) is 4.84. The summed E-state index contributed by atoms with van der Waals surface area (Å²) in [4.78, 5) is 0. The van der Waals surface area contributed by atoms with Crippen molar-refractivity contribution in [2.75, 3.05) is 0 Å². The Bertz CT molecular complexity index is 610. The van der Waals surface area contributed by atoms with Crippen molar-refractivity contribution >= 4 is 0 Å². The molecule has 0 aromatic heterocycles. The summed E-state index contributed by atoms with van der Waals surface area (Å²) in [5, 5.41) is 20.6. The molecule has 5 unspecified atom stereocenters. The highest BCUT2D eigenvalue weighted by Gasteiger charge is 2.53. The van der Waals surface area contributed by atoms with Crippen molar-refractivity contribution in [2.24, 2.45) is 23.2 Å². The molecule has 2 heteroatoms. The summed E-state index contributed by atoms with van der Waals surface area (Å²) >= 11 is 0. The summed E-state index contributed by atoms with van der Waals surface area (Å²) in [6, 6.07) is 8.24. The van der Waals surface area contributed by atoms with Crippen molar-refractivity contribution in [2.45, 2.75) is 71.5 Å². The number of hydrogen-bond donors (Lipinski definition) is 2. The molecule has 138 valence electrons. The number of aliphatic hydroxyl groups excluding tert-OH is 1. The minimum absolute atomic E-state index is 0.135. The van der Waals surface area contributed by atoms with Crippen LogP contribution in [0.2, 0.25) is 0 Å². The maximum atomic E-state index is 10.6. The minimum Gasteiger partial charge on any atom is -0.393 e. The number of rotatable bonds is 4. The van der Waals surface area contributed by atoms with E-state index in [0.717, 1.165) is 18.4 Å². The minimum atomic E-state index is -0.782. The van der Waals surface area contributed by atoms with Gasteiger partial charge in [-0.25, -0.2) is 0 Å². The Balaban J connectivity index is 1.66. The van der Waals surface area contributed by atoms with Crippen molar-refractivity contribution in [3.05, 3.63) is 47.5 Å². The first kappa shape index (κ1) is 18.7. The fourth-order valence-corrected chi connectivity index (χ4v) is 5.28. The van der Waals surface area contributed by atoms with E-state index in [1.165, 1.54) is 24.8 Å². The van der Waals surface area contributed by atoms with E-state index in [1.54, 1.807) is 0 Å². The molecule has 5 atom stereocenters. The van der Waals surface area contributed by atoms with Crippen LogP contribution in [0, 0.1) is 23.2 Å². The molecule has 2 aliphatic carbocycles. The summed E-state index contributed by atoms with van der Waals surface area (Å²) in [6.45, 7) is 8.40. The molecule has 2 fully saturated rings. The van der Waals surface area contributed by atoms with E-state index in [2.05, 4.69) is 38.1 Å². The monoisotopic (exact) mass is 342 g/mol. The predicted molar refractivity (Wildman–Crippen MR) is 103 cm³/mol. The SMILES string of the molecule is CC1CC(C=CCc2ccc(C(C)(C)O)cc2)C2C(O)CCCC12C. The largest absolute Gasteiger partial charge is 0.393 e. The first-order chi connectivity index (χ1) is 11.7. The van der Waals surface area contributed by atoms with E-state index in [9.17, 15) is 10.2 Å². The summed E-state index contributed by atoms with van der Waals surface area (Å²) in [6.07, 6.45) is 10.0. The van der Waals surface area contributed by atoms with Gasteiger partial charge in [0.2, 0.25) is 0 Å². The standard InChI is InChI=1S/C23H34O2/c1-16-15-18(21-20(24)9-6-14-23(16,21)4)8-5-7-17-10-12-19(13-11-17)22(2,3)25/h5,8,10-13,16,18,20-21,24-25H,6-7,9,14-15H2,1-4H3. The zero-order valence-corrected chi connectivity index (χ0v) is 16.2. The Morgan fingerprint density at radius 1 is 1.24 bits per heavy atom. The number of hydrogen-bond acceptors (Lipinski definition) is 2. The summed E-state index contributed by atoms with van der Waals surface area (Å²) in [5.74, 6) is 1.61. The maximum Gasteiger partial charge on any atom is 0.0840 e. The van der Waals surface area contributed by atoms with E-state index in [1.807, 2.05) is 26.0 Å². The third-order valence-electron chi connectivity index (χ3n) is 7.00. The summed E-state index contributed by atoms with van der Waals surface area (Å²) < 4.78 is 0. The lowest BCUT2D eigenvalue weighted by atomic mass is 9.63. The van der Waals surface area contributed by atoms with Crippen molar-refractivity contribution in [1.29, 1.82) is 0 Å².